The third kappa shape index (κ3) is 10.1. The molecule has 1 heterocycles. The number of ketones is 1. The van der Waals surface area contributed by atoms with Crippen molar-refractivity contribution < 1.29 is 14.7 Å². The number of hydrogen-bond acceptors (Lipinski definition) is 4. The van der Waals surface area contributed by atoms with Gasteiger partial charge in [-0.15, -0.1) is 11.3 Å². The molecule has 0 atom stereocenters. The van der Waals surface area contributed by atoms with Crippen LogP contribution in [-0.2, 0) is 28.9 Å². The highest BCUT2D eigenvalue weighted by atomic mass is 32.1. The average Bonchev–Trinajstić information content (AvgIpc) is 2.66. The average molecular weight is 315 g/mol. The largest absolute Gasteiger partial charge is 0.483 e. The Morgan fingerprint density at radius 3 is 1.90 bits per heavy atom. The molecule has 0 amide bonds. The lowest BCUT2D eigenvalue weighted by atomic mass is 10.0. The van der Waals surface area contributed by atoms with Gasteiger partial charge in [0.05, 0.1) is 5.00 Å². The number of Topliss-reactive ketones (excluding diaryl/α,β-unsaturated/α-hetero) is 1. The molecule has 1 aromatic heterocycles. The number of hydrogen-bond donors (Lipinski definition) is 2. The summed E-state index contributed by atoms with van der Waals surface area (Å²) in [4.78, 5) is 19.3. The van der Waals surface area contributed by atoms with Gasteiger partial charge in [0.25, 0.3) is 6.47 Å². The molecule has 0 aromatic carbocycles. The highest BCUT2D eigenvalue weighted by Crippen LogP contribution is 2.33. The quantitative estimate of drug-likeness (QED) is 0.802. The molecule has 0 fully saturated rings. The summed E-state index contributed by atoms with van der Waals surface area (Å²) in [6.07, 6.45) is 5.93. The molecule has 0 spiro atoms. The zero-order chi connectivity index (χ0) is 16.8. The van der Waals surface area contributed by atoms with E-state index in [1.54, 1.807) is 5.56 Å². The van der Waals surface area contributed by atoms with Gasteiger partial charge in [-0.2, -0.15) is 0 Å². The van der Waals surface area contributed by atoms with Gasteiger partial charge in [-0.1, -0.05) is 33.6 Å². The third-order valence-electron chi connectivity index (χ3n) is 2.56. The molecule has 0 saturated heterocycles. The van der Waals surface area contributed by atoms with Crippen molar-refractivity contribution in [2.75, 3.05) is 5.73 Å². The molecule has 0 aliphatic rings. The van der Waals surface area contributed by atoms with Crippen LogP contribution in [0.1, 0.15) is 63.5 Å². The summed E-state index contributed by atoms with van der Waals surface area (Å²) in [6, 6.07) is 0. The fourth-order valence-corrected chi connectivity index (χ4v) is 3.24. The molecule has 5 heteroatoms. The van der Waals surface area contributed by atoms with Crippen LogP contribution in [-0.4, -0.2) is 17.4 Å². The van der Waals surface area contributed by atoms with Gasteiger partial charge in [0.15, 0.2) is 0 Å². The first-order valence-corrected chi connectivity index (χ1v) is 8.14. The van der Waals surface area contributed by atoms with Crippen molar-refractivity contribution in [1.29, 1.82) is 0 Å². The maximum atomic E-state index is 9.44. The van der Waals surface area contributed by atoms with Crippen molar-refractivity contribution in [3.8, 4) is 0 Å². The first-order valence-electron chi connectivity index (χ1n) is 7.33. The fourth-order valence-electron chi connectivity index (χ4n) is 1.93. The van der Waals surface area contributed by atoms with Gasteiger partial charge in [-0.3, -0.25) is 4.79 Å². The maximum absolute atomic E-state index is 9.44. The van der Waals surface area contributed by atoms with Crippen molar-refractivity contribution in [3.63, 3.8) is 0 Å². The van der Waals surface area contributed by atoms with Crippen molar-refractivity contribution in [1.82, 2.24) is 0 Å². The third-order valence-corrected chi connectivity index (χ3v) is 3.73. The van der Waals surface area contributed by atoms with Crippen molar-refractivity contribution in [2.45, 2.75) is 66.7 Å². The molecular formula is C16H29NO3S. The topological polar surface area (TPSA) is 80.4 Å². The summed E-state index contributed by atoms with van der Waals surface area (Å²) in [5, 5.41) is 7.94. The van der Waals surface area contributed by atoms with E-state index >= 15 is 0 Å². The van der Waals surface area contributed by atoms with Gasteiger partial charge >= 0.3 is 0 Å². The molecule has 0 aliphatic carbocycles. The first-order chi connectivity index (χ1) is 9.89. The van der Waals surface area contributed by atoms with Gasteiger partial charge in [-0.25, -0.2) is 0 Å². The number of rotatable bonds is 5. The molecular weight excluding hydrogens is 286 g/mol. The minimum atomic E-state index is -0.250. The van der Waals surface area contributed by atoms with Crippen molar-refractivity contribution >= 4 is 28.6 Å². The summed E-state index contributed by atoms with van der Waals surface area (Å²) < 4.78 is 0. The van der Waals surface area contributed by atoms with E-state index in [4.69, 9.17) is 15.6 Å². The Labute approximate surface area is 132 Å². The lowest BCUT2D eigenvalue weighted by molar-refractivity contribution is -0.123. The second-order valence-corrected chi connectivity index (χ2v) is 5.85. The van der Waals surface area contributed by atoms with E-state index in [1.807, 2.05) is 11.3 Å². The molecule has 3 N–H and O–H groups in total. The van der Waals surface area contributed by atoms with E-state index in [2.05, 4.69) is 20.8 Å². The Bertz CT molecular complexity index is 410. The lowest BCUT2D eigenvalue weighted by Crippen LogP contribution is -1.94. The van der Waals surface area contributed by atoms with Crippen LogP contribution >= 0.6 is 11.3 Å². The van der Waals surface area contributed by atoms with Crippen LogP contribution in [0.15, 0.2) is 0 Å². The van der Waals surface area contributed by atoms with Gasteiger partial charge in [0.1, 0.15) is 5.78 Å². The molecule has 122 valence electrons. The minimum absolute atomic E-state index is 0.167. The van der Waals surface area contributed by atoms with E-state index in [-0.39, 0.29) is 12.3 Å². The Balaban J connectivity index is 0. The summed E-state index contributed by atoms with van der Waals surface area (Å²) in [5.41, 5.74) is 9.00. The number of carboxylic acid groups (broad SMARTS) is 1. The summed E-state index contributed by atoms with van der Waals surface area (Å²) in [7, 11) is 0. The standard InChI is InChI=1S/C12H21NS.C3H6O.CH2O2/c1-4-7-10-9(6-3)12(13)14-11(10)8-5-2;1-3(2)4;2-1-3/h4-8,13H2,1-3H3;1-2H3;1H,(H,2,3). The maximum Gasteiger partial charge on any atom is 0.290 e. The Morgan fingerprint density at radius 2 is 1.57 bits per heavy atom. The normalized spacial score (nSPS) is 9.00. The van der Waals surface area contributed by atoms with Crippen LogP contribution in [0, 0.1) is 0 Å². The smallest absolute Gasteiger partial charge is 0.290 e. The number of nitrogen functional groups attached to an aromatic ring is 1. The SMILES string of the molecule is CC(C)=O.CCCc1sc(N)c(CC)c1CCC.O=CO. The number of carbonyl (C=O) groups is 2. The molecule has 1 rings (SSSR count). The number of carbonyl (C=O) groups excluding carboxylic acids is 1. The van der Waals surface area contributed by atoms with Gasteiger partial charge in [0, 0.05) is 4.88 Å². The zero-order valence-electron chi connectivity index (χ0n) is 13.9. The number of thiophene rings is 1. The lowest BCUT2D eigenvalue weighted by Gasteiger charge is -2.03. The number of anilines is 1. The Kier molecular flexibility index (Phi) is 14.2. The summed E-state index contributed by atoms with van der Waals surface area (Å²) >= 11 is 1.81. The van der Waals surface area contributed by atoms with Crippen molar-refractivity contribution in [2.24, 2.45) is 0 Å². The molecule has 0 radical (unpaired) electrons. The summed E-state index contributed by atoms with van der Waals surface area (Å²) in [5.74, 6) is 0.167. The second kappa shape index (κ2) is 13.6. The van der Waals surface area contributed by atoms with Crippen LogP contribution in [0.3, 0.4) is 0 Å². The number of aryl methyl sites for hydroxylation is 1. The molecule has 1 aromatic rings. The molecule has 21 heavy (non-hydrogen) atoms. The van der Waals surface area contributed by atoms with Crippen LogP contribution in [0.25, 0.3) is 0 Å². The van der Waals surface area contributed by atoms with E-state index in [0.717, 1.165) is 11.4 Å². The summed E-state index contributed by atoms with van der Waals surface area (Å²) in [6.45, 7) is 9.48. The van der Waals surface area contributed by atoms with E-state index in [1.165, 1.54) is 50.0 Å². The van der Waals surface area contributed by atoms with Gasteiger partial charge < -0.3 is 15.6 Å². The van der Waals surface area contributed by atoms with Crippen LogP contribution in [0.4, 0.5) is 5.00 Å². The highest BCUT2D eigenvalue weighted by molar-refractivity contribution is 7.16. The first kappa shape index (κ1) is 21.9. The zero-order valence-corrected chi connectivity index (χ0v) is 14.7. The molecule has 0 bridgehead atoms. The Morgan fingerprint density at radius 1 is 1.14 bits per heavy atom. The monoisotopic (exact) mass is 315 g/mol. The molecule has 4 nitrogen and oxygen atoms in total. The number of nitrogens with two attached hydrogens (primary N) is 1. The fraction of sp³-hybridized carbons (Fsp3) is 0.625. The van der Waals surface area contributed by atoms with Gasteiger partial charge in [-0.05, 0) is 44.2 Å². The minimum Gasteiger partial charge on any atom is -0.483 e. The molecule has 0 aliphatic heterocycles. The Hall–Kier alpha value is -1.36. The molecule has 0 saturated carbocycles. The van der Waals surface area contributed by atoms with Crippen LogP contribution in [0.5, 0.6) is 0 Å². The predicted molar refractivity (Wildman–Crippen MR) is 91.1 cm³/mol. The highest BCUT2D eigenvalue weighted by Gasteiger charge is 2.13. The van der Waals surface area contributed by atoms with Gasteiger partial charge in [0.2, 0.25) is 0 Å². The van der Waals surface area contributed by atoms with Crippen molar-refractivity contribution in [3.05, 3.63) is 16.0 Å². The van der Waals surface area contributed by atoms with E-state index in [9.17, 15) is 4.79 Å². The second-order valence-electron chi connectivity index (χ2n) is 4.71. The molecule has 0 unspecified atom stereocenters. The van der Waals surface area contributed by atoms with Crippen LogP contribution in [0.2, 0.25) is 0 Å². The van der Waals surface area contributed by atoms with Crippen LogP contribution < -0.4 is 5.73 Å². The predicted octanol–water partition coefficient (Wildman–Crippen LogP) is 4.09. The van der Waals surface area contributed by atoms with E-state index < -0.39 is 0 Å². The van der Waals surface area contributed by atoms with E-state index in [0.29, 0.717) is 0 Å².